The second-order valence-electron chi connectivity index (χ2n) is 11.2. The Morgan fingerprint density at radius 1 is 1.02 bits per heavy atom. The number of rotatable bonds is 10. The van der Waals surface area contributed by atoms with E-state index in [4.69, 9.17) is 4.74 Å². The third kappa shape index (κ3) is 6.50. The van der Waals surface area contributed by atoms with Crippen LogP contribution < -0.4 is 4.74 Å². The first-order chi connectivity index (χ1) is 19.4. The molecule has 1 aliphatic carbocycles. The van der Waals surface area contributed by atoms with E-state index in [0.29, 0.717) is 12.5 Å². The maximum atomic E-state index is 13.0. The van der Waals surface area contributed by atoms with E-state index >= 15 is 0 Å². The van der Waals surface area contributed by atoms with Gasteiger partial charge in [0.05, 0.1) is 23.4 Å². The lowest BCUT2D eigenvalue weighted by Gasteiger charge is -2.25. The van der Waals surface area contributed by atoms with Crippen molar-refractivity contribution in [3.05, 3.63) is 53.6 Å². The molecule has 0 atom stereocenters. The van der Waals surface area contributed by atoms with Gasteiger partial charge in [0, 0.05) is 50.6 Å². The van der Waals surface area contributed by atoms with E-state index in [1.165, 1.54) is 49.4 Å². The Morgan fingerprint density at radius 2 is 1.75 bits per heavy atom. The molecule has 3 aromatic rings. The minimum Gasteiger partial charge on any atom is -0.494 e. The number of fused-ring (bicyclic) bond motifs is 1. The van der Waals surface area contributed by atoms with Gasteiger partial charge in [-0.05, 0) is 72.7 Å². The third-order valence-electron chi connectivity index (χ3n) is 8.28. The number of aromatic carboxylic acids is 1. The number of hydrogen-bond acceptors (Lipinski definition) is 5. The molecule has 5 rings (SSSR count). The van der Waals surface area contributed by atoms with Crippen LogP contribution in [0, 0.1) is 0 Å². The first kappa shape index (κ1) is 28.6. The molecule has 0 bridgehead atoms. The predicted octanol–water partition coefficient (Wildman–Crippen LogP) is 5.96. The van der Waals surface area contributed by atoms with Crippen molar-refractivity contribution in [3.8, 4) is 17.0 Å². The van der Waals surface area contributed by atoms with Crippen molar-refractivity contribution in [3.63, 3.8) is 0 Å². The van der Waals surface area contributed by atoms with Gasteiger partial charge in [0.1, 0.15) is 12.3 Å². The number of likely N-dealkylation sites (N-methyl/N-ethyl adjacent to an activating group) is 1. The highest BCUT2D eigenvalue weighted by atomic mass is 32.2. The summed E-state index contributed by atoms with van der Waals surface area (Å²) < 4.78 is 8.14. The van der Waals surface area contributed by atoms with E-state index in [-0.39, 0.29) is 18.0 Å². The minimum absolute atomic E-state index is 0.0266. The molecular weight excluding hydrogens is 522 g/mol. The van der Waals surface area contributed by atoms with Crippen LogP contribution in [-0.2, 0) is 11.3 Å². The molecule has 1 saturated carbocycles. The van der Waals surface area contributed by atoms with Crippen LogP contribution in [0.15, 0.2) is 42.5 Å². The van der Waals surface area contributed by atoms with Crippen LogP contribution in [0.3, 0.4) is 0 Å². The molecule has 1 N–H and O–H groups in total. The number of nitrogens with zero attached hydrogens (tertiary/aromatic N) is 3. The molecule has 2 aliphatic rings. The zero-order valence-corrected chi connectivity index (χ0v) is 24.5. The number of carboxylic acids is 1. The van der Waals surface area contributed by atoms with Gasteiger partial charge < -0.3 is 24.2 Å². The molecule has 1 amide bonds. The lowest BCUT2D eigenvalue weighted by atomic mass is 9.82. The van der Waals surface area contributed by atoms with Gasteiger partial charge in [0.15, 0.2) is 0 Å². The number of aromatic nitrogens is 1. The minimum atomic E-state index is -0.963. The Labute approximate surface area is 241 Å². The number of benzene rings is 2. The molecule has 1 aliphatic heterocycles. The predicted molar refractivity (Wildman–Crippen MR) is 163 cm³/mol. The topological polar surface area (TPSA) is 75.0 Å². The number of carbonyl (C=O) groups excluding carboxylic acids is 1. The van der Waals surface area contributed by atoms with Crippen LogP contribution in [0.4, 0.5) is 0 Å². The largest absolute Gasteiger partial charge is 0.494 e. The normalized spacial score (nSPS) is 16.8. The second-order valence-corrected chi connectivity index (χ2v) is 12.4. The molecule has 1 saturated heterocycles. The summed E-state index contributed by atoms with van der Waals surface area (Å²) in [4.78, 5) is 29.0. The van der Waals surface area contributed by atoms with Crippen molar-refractivity contribution in [2.24, 2.45) is 0 Å². The SMILES string of the molecule is CN(C)C(=O)Cn1c(-c2ccc(OCCCN3CCSCC3)cc2)c(C2CCCCC2)c2ccc(C(=O)O)cc21. The van der Waals surface area contributed by atoms with Crippen LogP contribution >= 0.6 is 11.8 Å². The Kier molecular flexibility index (Phi) is 9.37. The Bertz CT molecular complexity index is 1320. The van der Waals surface area contributed by atoms with E-state index in [1.54, 1.807) is 31.1 Å². The van der Waals surface area contributed by atoms with Gasteiger partial charge in [-0.1, -0.05) is 25.3 Å². The summed E-state index contributed by atoms with van der Waals surface area (Å²) in [6.07, 6.45) is 6.82. The summed E-state index contributed by atoms with van der Waals surface area (Å²) in [5.74, 6) is 2.68. The van der Waals surface area contributed by atoms with Gasteiger partial charge in [0.2, 0.25) is 5.91 Å². The molecule has 0 unspecified atom stereocenters. The van der Waals surface area contributed by atoms with Gasteiger partial charge >= 0.3 is 5.97 Å². The van der Waals surface area contributed by atoms with Crippen molar-refractivity contribution in [2.45, 2.75) is 51.0 Å². The molecule has 8 heteroatoms. The molecule has 2 heterocycles. The molecule has 0 spiro atoms. The van der Waals surface area contributed by atoms with Crippen molar-refractivity contribution >= 4 is 34.5 Å². The highest BCUT2D eigenvalue weighted by molar-refractivity contribution is 7.99. The van der Waals surface area contributed by atoms with Gasteiger partial charge in [-0.2, -0.15) is 11.8 Å². The molecule has 7 nitrogen and oxygen atoms in total. The van der Waals surface area contributed by atoms with Crippen LogP contribution in [0.2, 0.25) is 0 Å². The summed E-state index contributed by atoms with van der Waals surface area (Å²) in [7, 11) is 3.52. The summed E-state index contributed by atoms with van der Waals surface area (Å²) in [5.41, 5.74) is 4.33. The van der Waals surface area contributed by atoms with E-state index in [9.17, 15) is 14.7 Å². The van der Waals surface area contributed by atoms with Crippen molar-refractivity contribution in [1.29, 1.82) is 0 Å². The average molecular weight is 564 g/mol. The molecule has 2 aromatic carbocycles. The van der Waals surface area contributed by atoms with Crippen LogP contribution in [0.1, 0.15) is 60.4 Å². The second kappa shape index (κ2) is 13.1. The fourth-order valence-electron chi connectivity index (χ4n) is 6.08. The standard InChI is InChI=1S/C32H41N3O4S/c1-33(2)29(36)22-35-28-21-25(32(37)38)11-14-27(28)30(23-7-4-3-5-8-23)31(35)24-9-12-26(13-10-24)39-18-6-15-34-16-19-40-20-17-34/h9-14,21,23H,3-8,15-20,22H2,1-2H3,(H,37,38). The van der Waals surface area contributed by atoms with E-state index in [1.807, 2.05) is 34.5 Å². The molecule has 1 aromatic heterocycles. The number of thioether (sulfide) groups is 1. The van der Waals surface area contributed by atoms with Crippen LogP contribution in [-0.4, -0.2) is 83.2 Å². The summed E-state index contributed by atoms with van der Waals surface area (Å²) in [6, 6.07) is 13.6. The zero-order valence-electron chi connectivity index (χ0n) is 23.7. The molecule has 40 heavy (non-hydrogen) atoms. The Morgan fingerprint density at radius 3 is 2.42 bits per heavy atom. The Balaban J connectivity index is 1.48. The van der Waals surface area contributed by atoms with Crippen LogP contribution in [0.5, 0.6) is 5.75 Å². The van der Waals surface area contributed by atoms with E-state index in [2.05, 4.69) is 17.0 Å². The smallest absolute Gasteiger partial charge is 0.335 e. The first-order valence-electron chi connectivity index (χ1n) is 14.6. The number of carbonyl (C=O) groups is 2. The number of ether oxygens (including phenoxy) is 1. The van der Waals surface area contributed by atoms with Crippen molar-refractivity contribution < 1.29 is 19.4 Å². The number of carboxylic acid groups (broad SMARTS) is 1. The number of amides is 1. The Hall–Kier alpha value is -2.97. The first-order valence-corrected chi connectivity index (χ1v) is 15.7. The molecular formula is C32H41N3O4S. The van der Waals surface area contributed by atoms with Gasteiger partial charge in [0.25, 0.3) is 0 Å². The van der Waals surface area contributed by atoms with Crippen LogP contribution in [0.25, 0.3) is 22.2 Å². The fourth-order valence-corrected chi connectivity index (χ4v) is 7.06. The van der Waals surface area contributed by atoms with E-state index < -0.39 is 5.97 Å². The third-order valence-corrected chi connectivity index (χ3v) is 9.22. The maximum absolute atomic E-state index is 13.0. The molecule has 0 radical (unpaired) electrons. The van der Waals surface area contributed by atoms with Crippen molar-refractivity contribution in [2.75, 3.05) is 51.8 Å². The quantitative estimate of drug-likeness (QED) is 0.307. The zero-order chi connectivity index (χ0) is 28.1. The lowest BCUT2D eigenvalue weighted by Crippen LogP contribution is -2.33. The average Bonchev–Trinajstić information content (AvgIpc) is 3.29. The van der Waals surface area contributed by atoms with Gasteiger partial charge in [-0.15, -0.1) is 0 Å². The monoisotopic (exact) mass is 563 g/mol. The molecule has 2 fully saturated rings. The summed E-state index contributed by atoms with van der Waals surface area (Å²) in [5, 5.41) is 10.8. The van der Waals surface area contributed by atoms with E-state index in [0.717, 1.165) is 53.7 Å². The fraction of sp³-hybridized carbons (Fsp3) is 0.500. The highest BCUT2D eigenvalue weighted by Gasteiger charge is 2.28. The van der Waals surface area contributed by atoms with Gasteiger partial charge in [-0.25, -0.2) is 4.79 Å². The maximum Gasteiger partial charge on any atom is 0.335 e. The number of hydrogen-bond donors (Lipinski definition) is 1. The summed E-state index contributed by atoms with van der Waals surface area (Å²) >= 11 is 2.03. The highest BCUT2D eigenvalue weighted by Crippen LogP contribution is 2.44. The van der Waals surface area contributed by atoms with Crippen molar-refractivity contribution in [1.82, 2.24) is 14.4 Å². The summed E-state index contributed by atoms with van der Waals surface area (Å²) in [6.45, 7) is 4.25. The molecule has 214 valence electrons. The van der Waals surface area contributed by atoms with Gasteiger partial charge in [-0.3, -0.25) is 4.79 Å². The lowest BCUT2D eigenvalue weighted by molar-refractivity contribution is -0.129.